The molecule has 0 bridgehead atoms. The van der Waals surface area contributed by atoms with Gasteiger partial charge in [-0.05, 0) is 63.0 Å². The van der Waals surface area contributed by atoms with Gasteiger partial charge >= 0.3 is 6.18 Å². The standard InChI is InChI=1S/C24H36F3N3O.C5H12.C3H8O.C3H8.CH2O/c1-4-16(3)6-8-20(5-2)29-21-9-7-17(13-21)23(31)30-11-10-22-18(15-30)12-19(14-28-22)24(25,26)27;1-3-5-4-2;1-3-4-2;1-3-2;1-2/h12,14,16-17,20-21,29H,4-11,13,15H2,1-3H3;3-5H2,1-2H3;3H2,1-2H3;3H2,1-2H3;1H2. The fourth-order valence-corrected chi connectivity index (χ4v) is 5.17. The second-order valence-corrected chi connectivity index (χ2v) is 12.0. The molecule has 1 N–H and O–H groups in total. The van der Waals surface area contributed by atoms with Gasteiger partial charge in [-0.25, -0.2) is 0 Å². The zero-order chi connectivity index (χ0) is 34.8. The topological polar surface area (TPSA) is 71.5 Å². The summed E-state index contributed by atoms with van der Waals surface area (Å²) in [6.45, 7) is 20.9. The van der Waals surface area contributed by atoms with Gasteiger partial charge in [0.05, 0.1) is 5.56 Å². The maximum atomic E-state index is 13.1. The molecule has 1 aliphatic carbocycles. The fraction of sp³-hybridized carbons (Fsp3) is 0.806. The molecule has 1 saturated carbocycles. The van der Waals surface area contributed by atoms with Crippen molar-refractivity contribution in [3.8, 4) is 0 Å². The van der Waals surface area contributed by atoms with Crippen molar-refractivity contribution in [1.82, 2.24) is 15.2 Å². The number of carbonyl (C=O) groups is 2. The lowest BCUT2D eigenvalue weighted by Gasteiger charge is -2.31. The van der Waals surface area contributed by atoms with Crippen LogP contribution in [-0.2, 0) is 33.5 Å². The van der Waals surface area contributed by atoms with Gasteiger partial charge in [0.2, 0.25) is 5.91 Å². The maximum Gasteiger partial charge on any atom is 0.417 e. The molecular weight excluding hydrogens is 579 g/mol. The Morgan fingerprint density at radius 1 is 1.07 bits per heavy atom. The molecule has 0 spiro atoms. The number of fused-ring (bicyclic) bond motifs is 1. The molecule has 0 saturated heterocycles. The predicted octanol–water partition coefficient (Wildman–Crippen LogP) is 9.43. The smallest absolute Gasteiger partial charge is 0.385 e. The molecule has 1 aromatic heterocycles. The van der Waals surface area contributed by atoms with Crippen molar-refractivity contribution in [1.29, 1.82) is 0 Å². The van der Waals surface area contributed by atoms with Crippen molar-refractivity contribution in [3.63, 3.8) is 0 Å². The summed E-state index contributed by atoms with van der Waals surface area (Å²) < 4.78 is 43.6. The van der Waals surface area contributed by atoms with Gasteiger partial charge in [-0.15, -0.1) is 0 Å². The van der Waals surface area contributed by atoms with E-state index in [0.29, 0.717) is 36.3 Å². The van der Waals surface area contributed by atoms with Crippen molar-refractivity contribution in [2.75, 3.05) is 20.3 Å². The van der Waals surface area contributed by atoms with Crippen LogP contribution >= 0.6 is 0 Å². The van der Waals surface area contributed by atoms with Crippen LogP contribution in [-0.4, -0.2) is 54.9 Å². The number of amides is 1. The van der Waals surface area contributed by atoms with Gasteiger partial charge in [0, 0.05) is 63.1 Å². The molecule has 4 unspecified atom stereocenters. The highest BCUT2D eigenvalue weighted by Gasteiger charge is 2.36. The van der Waals surface area contributed by atoms with Crippen molar-refractivity contribution in [2.45, 2.75) is 157 Å². The second kappa shape index (κ2) is 27.1. The third kappa shape index (κ3) is 19.3. The second-order valence-electron chi connectivity index (χ2n) is 12.0. The zero-order valence-electron chi connectivity index (χ0n) is 30.0. The van der Waals surface area contributed by atoms with Crippen LogP contribution in [0.2, 0.25) is 0 Å². The van der Waals surface area contributed by atoms with E-state index in [4.69, 9.17) is 4.79 Å². The summed E-state index contributed by atoms with van der Waals surface area (Å²) >= 11 is 0. The molecule has 6 nitrogen and oxygen atoms in total. The minimum absolute atomic E-state index is 0.0371. The number of pyridine rings is 1. The molecule has 0 radical (unpaired) electrons. The molecule has 1 fully saturated rings. The number of ether oxygens (including phenoxy) is 1. The fourth-order valence-electron chi connectivity index (χ4n) is 5.17. The zero-order valence-corrected chi connectivity index (χ0v) is 30.0. The van der Waals surface area contributed by atoms with Gasteiger partial charge in [0.1, 0.15) is 6.79 Å². The summed E-state index contributed by atoms with van der Waals surface area (Å²) in [5, 5.41) is 3.77. The summed E-state index contributed by atoms with van der Waals surface area (Å²) in [7, 11) is 1.68. The Balaban J connectivity index is 0. The molecule has 1 aromatic rings. The molecule has 1 aliphatic heterocycles. The summed E-state index contributed by atoms with van der Waals surface area (Å²) in [5.74, 6) is 0.785. The Hall–Kier alpha value is -2.00. The van der Waals surface area contributed by atoms with Crippen LogP contribution in [0.4, 0.5) is 13.2 Å². The van der Waals surface area contributed by atoms with Crippen LogP contribution in [0.3, 0.4) is 0 Å². The largest absolute Gasteiger partial charge is 0.417 e. The lowest BCUT2D eigenvalue weighted by molar-refractivity contribution is -0.138. The summed E-state index contributed by atoms with van der Waals surface area (Å²) in [6.07, 6.45) is 9.66. The quantitative estimate of drug-likeness (QED) is 0.260. The van der Waals surface area contributed by atoms with E-state index in [1.807, 2.05) is 13.7 Å². The van der Waals surface area contributed by atoms with E-state index in [1.165, 1.54) is 38.5 Å². The molecule has 2 heterocycles. The Kier molecular flexibility index (Phi) is 27.2. The van der Waals surface area contributed by atoms with E-state index in [2.05, 4.69) is 63.5 Å². The predicted molar refractivity (Wildman–Crippen MR) is 181 cm³/mol. The van der Waals surface area contributed by atoms with Gasteiger partial charge in [0.25, 0.3) is 0 Å². The molecule has 0 aromatic carbocycles. The van der Waals surface area contributed by atoms with E-state index in [1.54, 1.807) is 12.0 Å². The molecule has 264 valence electrons. The number of unbranched alkanes of at least 4 members (excludes halogenated alkanes) is 2. The van der Waals surface area contributed by atoms with Gasteiger partial charge < -0.3 is 19.7 Å². The number of nitrogens with zero attached hydrogens (tertiary/aromatic N) is 2. The first kappa shape index (κ1) is 45.1. The third-order valence-electron chi connectivity index (χ3n) is 8.13. The molecule has 9 heteroatoms. The third-order valence-corrected chi connectivity index (χ3v) is 8.13. The number of rotatable bonds is 11. The van der Waals surface area contributed by atoms with E-state index < -0.39 is 11.7 Å². The number of methoxy groups -OCH3 is 1. The molecule has 4 atom stereocenters. The average Bonchev–Trinajstić information content (AvgIpc) is 3.52. The lowest BCUT2D eigenvalue weighted by Crippen LogP contribution is -2.41. The van der Waals surface area contributed by atoms with Crippen LogP contribution in [0.15, 0.2) is 12.3 Å². The number of carbonyl (C=O) groups excluding carboxylic acids is 2. The maximum absolute atomic E-state index is 13.1. The molecule has 1 amide bonds. The molecule has 45 heavy (non-hydrogen) atoms. The number of hydrogen-bond donors (Lipinski definition) is 1. The highest BCUT2D eigenvalue weighted by Crippen LogP contribution is 2.33. The van der Waals surface area contributed by atoms with Gasteiger partial charge in [-0.2, -0.15) is 13.2 Å². The Labute approximate surface area is 273 Å². The van der Waals surface area contributed by atoms with E-state index in [9.17, 15) is 18.0 Å². The van der Waals surface area contributed by atoms with Crippen molar-refractivity contribution in [3.05, 3.63) is 29.1 Å². The lowest BCUT2D eigenvalue weighted by atomic mass is 9.97. The van der Waals surface area contributed by atoms with Crippen LogP contribution < -0.4 is 5.32 Å². The summed E-state index contributed by atoms with van der Waals surface area (Å²) in [4.78, 5) is 26.8. The van der Waals surface area contributed by atoms with Crippen LogP contribution in [0.5, 0.6) is 0 Å². The van der Waals surface area contributed by atoms with Crippen molar-refractivity contribution < 1.29 is 27.5 Å². The van der Waals surface area contributed by atoms with Gasteiger partial charge in [0.15, 0.2) is 0 Å². The van der Waals surface area contributed by atoms with Crippen molar-refractivity contribution >= 4 is 12.7 Å². The molecule has 3 rings (SSSR count). The number of hydrogen-bond acceptors (Lipinski definition) is 5. The Morgan fingerprint density at radius 3 is 2.13 bits per heavy atom. The highest BCUT2D eigenvalue weighted by molar-refractivity contribution is 5.79. The van der Waals surface area contributed by atoms with Crippen LogP contribution in [0.1, 0.15) is 143 Å². The molecular formula is C36H66F3N3O3. The number of alkyl halides is 3. The summed E-state index contributed by atoms with van der Waals surface area (Å²) in [6, 6.07) is 2.00. The van der Waals surface area contributed by atoms with E-state index >= 15 is 0 Å². The van der Waals surface area contributed by atoms with Gasteiger partial charge in [-0.3, -0.25) is 9.78 Å². The average molecular weight is 646 g/mol. The van der Waals surface area contributed by atoms with E-state index in [-0.39, 0.29) is 18.4 Å². The number of aromatic nitrogens is 1. The van der Waals surface area contributed by atoms with Gasteiger partial charge in [-0.1, -0.05) is 80.6 Å². The first-order valence-electron chi connectivity index (χ1n) is 17.3. The minimum Gasteiger partial charge on any atom is -0.385 e. The SMILES string of the molecule is C=O.CCC.CCC(C)CCC(CC)NC1CCC(C(=O)N2CCc3ncc(C(F)(F)F)cc3C2)C1.CCCCC.CCOC. The highest BCUT2D eigenvalue weighted by atomic mass is 19.4. The summed E-state index contributed by atoms with van der Waals surface area (Å²) in [5.41, 5.74) is 0.460. The minimum atomic E-state index is -4.41. The van der Waals surface area contributed by atoms with Crippen molar-refractivity contribution in [2.24, 2.45) is 11.8 Å². The first-order chi connectivity index (χ1) is 21.4. The monoisotopic (exact) mass is 646 g/mol. The Morgan fingerprint density at radius 2 is 1.67 bits per heavy atom. The Bertz CT molecular complexity index is 866. The number of nitrogens with one attached hydrogen (secondary N) is 1. The number of halogens is 3. The normalized spacial score (nSPS) is 18.3. The van der Waals surface area contributed by atoms with Crippen LogP contribution in [0, 0.1) is 11.8 Å². The van der Waals surface area contributed by atoms with E-state index in [0.717, 1.165) is 56.9 Å². The van der Waals surface area contributed by atoms with Crippen LogP contribution in [0.25, 0.3) is 0 Å². The molecule has 2 aliphatic rings. The first-order valence-corrected chi connectivity index (χ1v) is 17.3.